The molecule has 3 N–H and O–H groups in total. The van der Waals surface area contributed by atoms with E-state index in [1.54, 1.807) is 0 Å². The maximum atomic E-state index is 13.0. The van der Waals surface area contributed by atoms with Crippen molar-refractivity contribution in [1.82, 2.24) is 5.32 Å². The van der Waals surface area contributed by atoms with Crippen molar-refractivity contribution >= 4 is 5.91 Å². The molecule has 0 unspecified atom stereocenters. The Morgan fingerprint density at radius 2 is 2.16 bits per heavy atom. The average Bonchev–Trinajstić information content (AvgIpc) is 2.90. The van der Waals surface area contributed by atoms with Crippen LogP contribution in [0, 0.1) is 5.82 Å². The molecule has 0 aromatic heterocycles. The minimum atomic E-state index is -0.358. The van der Waals surface area contributed by atoms with Crippen LogP contribution in [0.3, 0.4) is 0 Å². The van der Waals surface area contributed by atoms with Crippen molar-refractivity contribution in [2.24, 2.45) is 5.73 Å². The Morgan fingerprint density at radius 1 is 1.42 bits per heavy atom. The van der Waals surface area contributed by atoms with Gasteiger partial charge in [-0.05, 0) is 31.0 Å². The van der Waals surface area contributed by atoms with Gasteiger partial charge in [0.2, 0.25) is 0 Å². The van der Waals surface area contributed by atoms with Gasteiger partial charge in [0.1, 0.15) is 11.6 Å². The van der Waals surface area contributed by atoms with Crippen molar-refractivity contribution in [2.75, 3.05) is 6.61 Å². The van der Waals surface area contributed by atoms with Gasteiger partial charge < -0.3 is 15.8 Å². The first-order valence-corrected chi connectivity index (χ1v) is 6.59. The van der Waals surface area contributed by atoms with Crippen molar-refractivity contribution < 1.29 is 13.9 Å². The van der Waals surface area contributed by atoms with Gasteiger partial charge in [-0.1, -0.05) is 12.8 Å². The number of hydrogen-bond acceptors (Lipinski definition) is 3. The smallest absolute Gasteiger partial charge is 0.258 e. The van der Waals surface area contributed by atoms with Gasteiger partial charge >= 0.3 is 0 Å². The van der Waals surface area contributed by atoms with Gasteiger partial charge in [0.25, 0.3) is 5.91 Å². The molecule has 1 aromatic rings. The second kappa shape index (κ2) is 6.52. The minimum Gasteiger partial charge on any atom is -0.483 e. The zero-order valence-corrected chi connectivity index (χ0v) is 10.8. The minimum absolute atomic E-state index is 0.0604. The van der Waals surface area contributed by atoms with Crippen molar-refractivity contribution in [1.29, 1.82) is 0 Å². The van der Waals surface area contributed by atoms with Gasteiger partial charge in [0.05, 0.1) is 0 Å². The quantitative estimate of drug-likeness (QED) is 0.853. The van der Waals surface area contributed by atoms with Gasteiger partial charge in [0, 0.05) is 18.2 Å². The number of hydrogen-bond donors (Lipinski definition) is 2. The molecule has 1 aliphatic rings. The van der Waals surface area contributed by atoms with E-state index in [9.17, 15) is 9.18 Å². The third-order valence-electron chi connectivity index (χ3n) is 3.32. The molecule has 1 amide bonds. The van der Waals surface area contributed by atoms with Crippen molar-refractivity contribution in [3.8, 4) is 5.75 Å². The number of amides is 1. The van der Waals surface area contributed by atoms with Crippen LogP contribution in [0.25, 0.3) is 0 Å². The molecular formula is C14H19FN2O2. The first kappa shape index (κ1) is 13.8. The number of nitrogens with one attached hydrogen (secondary N) is 1. The summed E-state index contributed by atoms with van der Waals surface area (Å²) in [5.41, 5.74) is 6.07. The molecule has 0 spiro atoms. The van der Waals surface area contributed by atoms with Crippen LogP contribution in [0.15, 0.2) is 18.2 Å². The summed E-state index contributed by atoms with van der Waals surface area (Å²) >= 11 is 0. The second-order valence-corrected chi connectivity index (χ2v) is 4.79. The van der Waals surface area contributed by atoms with E-state index in [0.717, 1.165) is 12.8 Å². The van der Waals surface area contributed by atoms with Gasteiger partial charge in [-0.25, -0.2) is 4.39 Å². The van der Waals surface area contributed by atoms with E-state index in [4.69, 9.17) is 10.5 Å². The molecule has 1 fully saturated rings. The maximum Gasteiger partial charge on any atom is 0.258 e. The van der Waals surface area contributed by atoms with Crippen molar-refractivity contribution in [3.05, 3.63) is 29.6 Å². The van der Waals surface area contributed by atoms with Crippen LogP contribution < -0.4 is 15.8 Å². The van der Waals surface area contributed by atoms with E-state index < -0.39 is 0 Å². The molecular weight excluding hydrogens is 247 g/mol. The van der Waals surface area contributed by atoms with Crippen LogP contribution in [-0.4, -0.2) is 18.6 Å². The van der Waals surface area contributed by atoms with Crippen LogP contribution in [-0.2, 0) is 11.3 Å². The summed E-state index contributed by atoms with van der Waals surface area (Å²) in [5, 5.41) is 2.93. The fourth-order valence-electron chi connectivity index (χ4n) is 2.33. The second-order valence-electron chi connectivity index (χ2n) is 4.79. The average molecular weight is 266 g/mol. The number of nitrogens with two attached hydrogens (primary N) is 1. The molecule has 0 aliphatic heterocycles. The van der Waals surface area contributed by atoms with Crippen molar-refractivity contribution in [3.63, 3.8) is 0 Å². The summed E-state index contributed by atoms with van der Waals surface area (Å²) in [4.78, 5) is 11.7. The first-order chi connectivity index (χ1) is 9.19. The van der Waals surface area contributed by atoms with E-state index in [1.165, 1.54) is 31.0 Å². The highest BCUT2D eigenvalue weighted by molar-refractivity contribution is 5.77. The maximum absolute atomic E-state index is 13.0. The Hall–Kier alpha value is -1.62. The fourth-order valence-corrected chi connectivity index (χ4v) is 2.33. The predicted molar refractivity (Wildman–Crippen MR) is 70.2 cm³/mol. The molecule has 1 saturated carbocycles. The molecule has 19 heavy (non-hydrogen) atoms. The Balaban J connectivity index is 1.85. The van der Waals surface area contributed by atoms with Gasteiger partial charge in [-0.15, -0.1) is 0 Å². The third-order valence-corrected chi connectivity index (χ3v) is 3.32. The van der Waals surface area contributed by atoms with Crippen LogP contribution in [0.1, 0.15) is 31.2 Å². The highest BCUT2D eigenvalue weighted by Gasteiger charge is 2.17. The first-order valence-electron chi connectivity index (χ1n) is 6.59. The van der Waals surface area contributed by atoms with Crippen LogP contribution in [0.4, 0.5) is 4.39 Å². The molecule has 0 heterocycles. The Kier molecular flexibility index (Phi) is 4.74. The zero-order valence-electron chi connectivity index (χ0n) is 10.8. The van der Waals surface area contributed by atoms with Gasteiger partial charge in [0.15, 0.2) is 6.61 Å². The summed E-state index contributed by atoms with van der Waals surface area (Å²) in [6, 6.07) is 4.40. The lowest BCUT2D eigenvalue weighted by atomic mass is 10.2. The number of carbonyl (C=O) groups excluding carboxylic acids is 1. The van der Waals surface area contributed by atoms with Gasteiger partial charge in [-0.2, -0.15) is 0 Å². The number of halogens is 1. The Morgan fingerprint density at radius 3 is 2.84 bits per heavy atom. The summed E-state index contributed by atoms with van der Waals surface area (Å²) in [7, 11) is 0. The highest BCUT2D eigenvalue weighted by Crippen LogP contribution is 2.20. The Labute approximate surface area is 112 Å². The SMILES string of the molecule is NCc1cc(F)ccc1OCC(=O)NC1CCCC1. The number of rotatable bonds is 5. The van der Waals surface area contributed by atoms with E-state index in [2.05, 4.69) is 5.32 Å². The van der Waals surface area contributed by atoms with E-state index in [-0.39, 0.29) is 30.9 Å². The summed E-state index contributed by atoms with van der Waals surface area (Å²) in [6.07, 6.45) is 4.41. The molecule has 0 radical (unpaired) electrons. The predicted octanol–water partition coefficient (Wildman–Crippen LogP) is 1.72. The molecule has 5 heteroatoms. The summed E-state index contributed by atoms with van der Waals surface area (Å²) in [5.74, 6) is -0.0344. The van der Waals surface area contributed by atoms with Crippen LogP contribution >= 0.6 is 0 Å². The number of benzene rings is 1. The lowest BCUT2D eigenvalue weighted by molar-refractivity contribution is -0.123. The standard InChI is InChI=1S/C14H19FN2O2/c15-11-5-6-13(10(7-11)8-16)19-9-14(18)17-12-3-1-2-4-12/h5-7,12H,1-4,8-9,16H2,(H,17,18). The number of carbonyl (C=O) groups is 1. The summed E-state index contributed by atoms with van der Waals surface area (Å²) in [6.45, 7) is 0.118. The molecule has 1 aromatic carbocycles. The molecule has 4 nitrogen and oxygen atoms in total. The molecule has 0 bridgehead atoms. The molecule has 1 aliphatic carbocycles. The van der Waals surface area contributed by atoms with E-state index in [0.29, 0.717) is 11.3 Å². The summed E-state index contributed by atoms with van der Waals surface area (Å²) < 4.78 is 18.4. The topological polar surface area (TPSA) is 64.3 Å². The highest BCUT2D eigenvalue weighted by atomic mass is 19.1. The van der Waals surface area contributed by atoms with E-state index in [1.807, 2.05) is 0 Å². The lowest BCUT2D eigenvalue weighted by Crippen LogP contribution is -2.36. The normalized spacial score (nSPS) is 15.5. The molecule has 0 saturated heterocycles. The van der Waals surface area contributed by atoms with Gasteiger partial charge in [-0.3, -0.25) is 4.79 Å². The molecule has 0 atom stereocenters. The van der Waals surface area contributed by atoms with Crippen molar-refractivity contribution in [2.45, 2.75) is 38.3 Å². The molecule has 104 valence electrons. The number of ether oxygens (including phenoxy) is 1. The largest absolute Gasteiger partial charge is 0.483 e. The van der Waals surface area contributed by atoms with E-state index >= 15 is 0 Å². The monoisotopic (exact) mass is 266 g/mol. The third kappa shape index (κ3) is 3.92. The molecule has 2 rings (SSSR count). The zero-order chi connectivity index (χ0) is 13.7. The fraction of sp³-hybridized carbons (Fsp3) is 0.500. The Bertz CT molecular complexity index is 445. The lowest BCUT2D eigenvalue weighted by Gasteiger charge is -2.14. The van der Waals surface area contributed by atoms with Crippen LogP contribution in [0.5, 0.6) is 5.75 Å². The van der Waals surface area contributed by atoms with Crippen LogP contribution in [0.2, 0.25) is 0 Å².